The van der Waals surface area contributed by atoms with Gasteiger partial charge in [0.2, 0.25) is 0 Å². The van der Waals surface area contributed by atoms with Crippen LogP contribution < -0.4 is 9.47 Å². The molecule has 0 aliphatic rings. The molecule has 0 spiro atoms. The Kier molecular flexibility index (Phi) is 3.82. The second-order valence-corrected chi connectivity index (χ2v) is 4.06. The normalized spacial score (nSPS) is 13.3. The molecule has 1 aromatic rings. The maximum atomic E-state index is 11.3. The Morgan fingerprint density at radius 2 is 2.00 bits per heavy atom. The summed E-state index contributed by atoms with van der Waals surface area (Å²) in [5.41, 5.74) is -0.666. The maximum Gasteiger partial charge on any atom is 0.328 e. The van der Waals surface area contributed by atoms with Gasteiger partial charge in [0, 0.05) is 11.6 Å². The zero-order valence-electron chi connectivity index (χ0n) is 10.8. The van der Waals surface area contributed by atoms with Crippen molar-refractivity contribution in [2.45, 2.75) is 19.3 Å². The quantitative estimate of drug-likeness (QED) is 0.881. The molecule has 1 aromatic carbocycles. The van der Waals surface area contributed by atoms with Crippen LogP contribution in [0.4, 0.5) is 0 Å². The van der Waals surface area contributed by atoms with Crippen LogP contribution in [0.2, 0.25) is 0 Å². The molecule has 0 saturated heterocycles. The average molecular weight is 249 g/mol. The molecule has 5 nitrogen and oxygen atoms in total. The van der Waals surface area contributed by atoms with E-state index in [4.69, 9.17) is 14.7 Å². The summed E-state index contributed by atoms with van der Waals surface area (Å²) in [6, 6.07) is 5.07. The van der Waals surface area contributed by atoms with Crippen molar-refractivity contribution in [1.82, 2.24) is 0 Å². The summed E-state index contributed by atoms with van der Waals surface area (Å²) in [7, 11) is 2.94. The molecule has 96 valence electrons. The summed E-state index contributed by atoms with van der Waals surface area (Å²) in [4.78, 5) is 11.3. The second-order valence-electron chi connectivity index (χ2n) is 4.06. The fourth-order valence-electron chi connectivity index (χ4n) is 1.85. The number of nitriles is 1. The van der Waals surface area contributed by atoms with E-state index in [-0.39, 0.29) is 0 Å². The molecule has 0 fully saturated rings. The Balaban J connectivity index is 3.59. The smallest absolute Gasteiger partial charge is 0.328 e. The van der Waals surface area contributed by atoms with Gasteiger partial charge >= 0.3 is 5.97 Å². The number of benzene rings is 1. The lowest BCUT2D eigenvalue weighted by Gasteiger charge is -2.22. The van der Waals surface area contributed by atoms with Gasteiger partial charge in [-0.25, -0.2) is 0 Å². The molecule has 0 bridgehead atoms. The number of aliphatic carboxylic acids is 1. The Labute approximate surface area is 106 Å². The second kappa shape index (κ2) is 4.96. The van der Waals surface area contributed by atoms with Crippen LogP contribution in [0.3, 0.4) is 0 Å². The van der Waals surface area contributed by atoms with E-state index < -0.39 is 11.4 Å². The Morgan fingerprint density at radius 3 is 2.39 bits per heavy atom. The molecule has 0 aromatic heterocycles. The predicted molar refractivity (Wildman–Crippen MR) is 64.9 cm³/mol. The van der Waals surface area contributed by atoms with Gasteiger partial charge in [0.1, 0.15) is 11.5 Å². The third-order valence-corrected chi connectivity index (χ3v) is 2.88. The van der Waals surface area contributed by atoms with Crippen LogP contribution in [-0.2, 0) is 10.2 Å². The highest BCUT2D eigenvalue weighted by molar-refractivity contribution is 5.86. The maximum absolute atomic E-state index is 11.3. The first-order valence-corrected chi connectivity index (χ1v) is 5.28. The van der Waals surface area contributed by atoms with E-state index in [1.165, 1.54) is 21.1 Å². The van der Waals surface area contributed by atoms with E-state index in [0.29, 0.717) is 22.6 Å². The summed E-state index contributed by atoms with van der Waals surface area (Å²) >= 11 is 0. The van der Waals surface area contributed by atoms with Crippen LogP contribution in [0.25, 0.3) is 0 Å². The third-order valence-electron chi connectivity index (χ3n) is 2.88. The molecule has 0 aliphatic carbocycles. The first kappa shape index (κ1) is 13.8. The van der Waals surface area contributed by atoms with Crippen molar-refractivity contribution in [2.24, 2.45) is 0 Å². The minimum Gasteiger partial charge on any atom is -0.497 e. The monoisotopic (exact) mass is 249 g/mol. The molecule has 5 heteroatoms. The fraction of sp³-hybridized carbons (Fsp3) is 0.385. The van der Waals surface area contributed by atoms with Gasteiger partial charge in [0.25, 0.3) is 0 Å². The summed E-state index contributed by atoms with van der Waals surface area (Å²) in [6.45, 7) is 3.07. The van der Waals surface area contributed by atoms with E-state index in [1.807, 2.05) is 6.07 Å². The van der Waals surface area contributed by atoms with Gasteiger partial charge in [-0.3, -0.25) is 4.79 Å². The predicted octanol–water partition coefficient (Wildman–Crippen LogP) is 1.88. The minimum atomic E-state index is -1.65. The van der Waals surface area contributed by atoms with Crippen molar-refractivity contribution in [3.05, 3.63) is 23.3 Å². The van der Waals surface area contributed by atoms with E-state index >= 15 is 0 Å². The van der Waals surface area contributed by atoms with Gasteiger partial charge in [-0.1, -0.05) is 0 Å². The lowest BCUT2D eigenvalue weighted by molar-refractivity contribution is -0.141. The number of rotatable bonds is 4. The third kappa shape index (κ3) is 2.09. The molecular weight excluding hydrogens is 234 g/mol. The average Bonchev–Trinajstić information content (AvgIpc) is 2.36. The zero-order valence-corrected chi connectivity index (χ0v) is 10.8. The number of hydrogen-bond acceptors (Lipinski definition) is 4. The summed E-state index contributed by atoms with van der Waals surface area (Å²) in [6.07, 6.45) is 0. The SMILES string of the molecule is COc1cc(C)c(C(C)(C#N)C(=O)O)c(OC)c1. The van der Waals surface area contributed by atoms with E-state index in [1.54, 1.807) is 19.1 Å². The van der Waals surface area contributed by atoms with Crippen LogP contribution in [0, 0.1) is 18.3 Å². The number of carboxylic acid groups (broad SMARTS) is 1. The first-order chi connectivity index (χ1) is 8.40. The molecule has 0 amide bonds. The molecule has 0 saturated carbocycles. The Bertz CT molecular complexity index is 518. The topological polar surface area (TPSA) is 79.5 Å². The van der Waals surface area contributed by atoms with Gasteiger partial charge in [-0.15, -0.1) is 0 Å². The van der Waals surface area contributed by atoms with Crippen molar-refractivity contribution in [2.75, 3.05) is 14.2 Å². The molecule has 1 unspecified atom stereocenters. The molecule has 0 heterocycles. The fourth-order valence-corrected chi connectivity index (χ4v) is 1.85. The van der Waals surface area contributed by atoms with E-state index in [9.17, 15) is 9.90 Å². The minimum absolute atomic E-state index is 0.332. The lowest BCUT2D eigenvalue weighted by atomic mass is 9.81. The number of ether oxygens (including phenoxy) is 2. The van der Waals surface area contributed by atoms with E-state index in [2.05, 4.69) is 0 Å². The highest BCUT2D eigenvalue weighted by Gasteiger charge is 2.39. The van der Waals surface area contributed by atoms with Crippen molar-refractivity contribution in [3.8, 4) is 17.6 Å². The molecule has 18 heavy (non-hydrogen) atoms. The van der Waals surface area contributed by atoms with Crippen molar-refractivity contribution < 1.29 is 19.4 Å². The Morgan fingerprint density at radius 1 is 1.39 bits per heavy atom. The largest absolute Gasteiger partial charge is 0.497 e. The summed E-state index contributed by atoms with van der Waals surface area (Å²) in [5.74, 6) is -0.325. The highest BCUT2D eigenvalue weighted by Crippen LogP contribution is 2.37. The van der Waals surface area contributed by atoms with E-state index in [0.717, 1.165) is 0 Å². The Hall–Kier alpha value is -2.22. The van der Waals surface area contributed by atoms with Gasteiger partial charge in [-0.05, 0) is 25.5 Å². The summed E-state index contributed by atoms with van der Waals surface area (Å²) in [5, 5.41) is 18.4. The number of carbonyl (C=O) groups is 1. The van der Waals surface area contributed by atoms with Crippen molar-refractivity contribution in [1.29, 1.82) is 5.26 Å². The highest BCUT2D eigenvalue weighted by atomic mass is 16.5. The number of aryl methyl sites for hydroxylation is 1. The van der Waals surface area contributed by atoms with Crippen LogP contribution in [0.15, 0.2) is 12.1 Å². The number of nitrogens with zero attached hydrogens (tertiary/aromatic N) is 1. The number of carboxylic acids is 1. The molecule has 1 N–H and O–H groups in total. The molecule has 0 aliphatic heterocycles. The standard InChI is InChI=1S/C13H15NO4/c1-8-5-9(17-3)6-10(18-4)11(8)13(2,7-14)12(15)16/h5-6H,1-4H3,(H,15,16). The van der Waals surface area contributed by atoms with Gasteiger partial charge in [0.15, 0.2) is 5.41 Å². The molecule has 1 rings (SSSR count). The molecule has 1 atom stereocenters. The van der Waals surface area contributed by atoms with Gasteiger partial charge in [0.05, 0.1) is 20.3 Å². The molecular formula is C13H15NO4. The first-order valence-electron chi connectivity index (χ1n) is 5.28. The lowest BCUT2D eigenvalue weighted by Crippen LogP contribution is -2.32. The van der Waals surface area contributed by atoms with Crippen LogP contribution in [0.5, 0.6) is 11.5 Å². The van der Waals surface area contributed by atoms with Crippen molar-refractivity contribution in [3.63, 3.8) is 0 Å². The zero-order chi connectivity index (χ0) is 13.9. The van der Waals surface area contributed by atoms with Gasteiger partial charge < -0.3 is 14.6 Å². The molecule has 0 radical (unpaired) electrons. The van der Waals surface area contributed by atoms with Crippen LogP contribution in [-0.4, -0.2) is 25.3 Å². The number of hydrogen-bond donors (Lipinski definition) is 1. The van der Waals surface area contributed by atoms with Crippen LogP contribution in [0.1, 0.15) is 18.1 Å². The summed E-state index contributed by atoms with van der Waals surface area (Å²) < 4.78 is 10.3. The van der Waals surface area contributed by atoms with Crippen LogP contribution >= 0.6 is 0 Å². The van der Waals surface area contributed by atoms with Crippen molar-refractivity contribution >= 4 is 5.97 Å². The number of methoxy groups -OCH3 is 2. The van der Waals surface area contributed by atoms with Gasteiger partial charge in [-0.2, -0.15) is 5.26 Å².